The molecule has 0 saturated heterocycles. The third-order valence-electron chi connectivity index (χ3n) is 4.70. The van der Waals surface area contributed by atoms with Crippen LogP contribution in [0.15, 0.2) is 24.3 Å². The van der Waals surface area contributed by atoms with Crippen molar-refractivity contribution in [3.63, 3.8) is 0 Å². The van der Waals surface area contributed by atoms with Crippen molar-refractivity contribution in [2.75, 3.05) is 31.7 Å². The van der Waals surface area contributed by atoms with Gasteiger partial charge in [0.2, 0.25) is 0 Å². The zero-order valence-electron chi connectivity index (χ0n) is 13.3. The molecule has 0 aliphatic carbocycles. The van der Waals surface area contributed by atoms with Crippen molar-refractivity contribution in [2.45, 2.75) is 13.3 Å². The van der Waals surface area contributed by atoms with Crippen molar-refractivity contribution in [3.05, 3.63) is 41.0 Å². The molecule has 116 valence electrons. The minimum absolute atomic E-state index is 0.687. The highest BCUT2D eigenvalue weighted by atomic mass is 16.5. The molecule has 1 aliphatic rings. The smallest absolute Gasteiger partial charge is 0.157 e. The SMILES string of the molecule is COCCN1CCc2c(C)c(C#N)c3nc4ccccc4n3c21. The van der Waals surface area contributed by atoms with Crippen LogP contribution in [0.1, 0.15) is 16.7 Å². The number of aromatic nitrogens is 2. The van der Waals surface area contributed by atoms with Crippen LogP contribution < -0.4 is 4.90 Å². The molecule has 0 atom stereocenters. The summed E-state index contributed by atoms with van der Waals surface area (Å²) in [7, 11) is 1.73. The van der Waals surface area contributed by atoms with Crippen molar-refractivity contribution in [1.82, 2.24) is 9.38 Å². The second-order valence-corrected chi connectivity index (χ2v) is 5.90. The third kappa shape index (κ3) is 1.92. The molecule has 0 amide bonds. The van der Waals surface area contributed by atoms with Gasteiger partial charge in [-0.05, 0) is 36.6 Å². The molecule has 0 saturated carbocycles. The van der Waals surface area contributed by atoms with E-state index in [0.717, 1.165) is 41.8 Å². The molecule has 3 heterocycles. The molecule has 1 aromatic carbocycles. The minimum atomic E-state index is 0.687. The van der Waals surface area contributed by atoms with E-state index in [1.165, 1.54) is 11.4 Å². The average Bonchev–Trinajstić information content (AvgIpc) is 3.14. The molecule has 3 aromatic rings. The molecule has 5 nitrogen and oxygen atoms in total. The summed E-state index contributed by atoms with van der Waals surface area (Å²) < 4.78 is 7.41. The lowest BCUT2D eigenvalue weighted by atomic mass is 10.0. The van der Waals surface area contributed by atoms with Crippen molar-refractivity contribution in [1.29, 1.82) is 5.26 Å². The summed E-state index contributed by atoms with van der Waals surface area (Å²) in [6.07, 6.45) is 0.960. The number of imidazole rings is 1. The van der Waals surface area contributed by atoms with Crippen LogP contribution in [-0.4, -0.2) is 36.2 Å². The number of para-hydroxylation sites is 2. The summed E-state index contributed by atoms with van der Waals surface area (Å²) >= 11 is 0. The molecular weight excluding hydrogens is 288 g/mol. The van der Waals surface area contributed by atoms with Gasteiger partial charge in [0.1, 0.15) is 11.9 Å². The number of rotatable bonds is 3. The Morgan fingerprint density at radius 2 is 2.17 bits per heavy atom. The Hall–Kier alpha value is -2.58. The van der Waals surface area contributed by atoms with Crippen molar-refractivity contribution in [2.24, 2.45) is 0 Å². The molecule has 0 spiro atoms. The molecule has 0 radical (unpaired) electrons. The summed E-state index contributed by atoms with van der Waals surface area (Å²) in [6.45, 7) is 4.52. The number of hydrogen-bond acceptors (Lipinski definition) is 4. The van der Waals surface area contributed by atoms with Crippen LogP contribution in [-0.2, 0) is 11.2 Å². The topological polar surface area (TPSA) is 53.6 Å². The zero-order valence-corrected chi connectivity index (χ0v) is 13.3. The second-order valence-electron chi connectivity index (χ2n) is 5.90. The number of ether oxygens (including phenoxy) is 1. The average molecular weight is 306 g/mol. The standard InChI is InChI=1S/C18H18N4O/c1-12-13-7-8-21(9-10-23-2)18(13)22-16-6-4-3-5-15(16)20-17(22)14(12)11-19/h3-6H,7-10H2,1-2H3. The van der Waals surface area contributed by atoms with Crippen LogP contribution in [0.25, 0.3) is 16.7 Å². The number of nitrogens with zero attached hydrogens (tertiary/aromatic N) is 4. The van der Waals surface area contributed by atoms with Gasteiger partial charge in [0, 0.05) is 20.2 Å². The van der Waals surface area contributed by atoms with Crippen LogP contribution >= 0.6 is 0 Å². The largest absolute Gasteiger partial charge is 0.383 e. The first-order chi connectivity index (χ1) is 11.3. The predicted octanol–water partition coefficient (Wildman–Crippen LogP) is 2.68. The van der Waals surface area contributed by atoms with Crippen LogP contribution in [0.4, 0.5) is 5.82 Å². The minimum Gasteiger partial charge on any atom is -0.383 e. The Morgan fingerprint density at radius 1 is 1.35 bits per heavy atom. The van der Waals surface area contributed by atoms with Crippen LogP contribution in [0, 0.1) is 18.3 Å². The third-order valence-corrected chi connectivity index (χ3v) is 4.70. The first-order valence-electron chi connectivity index (χ1n) is 7.83. The van der Waals surface area contributed by atoms with E-state index in [0.29, 0.717) is 12.2 Å². The van der Waals surface area contributed by atoms with Gasteiger partial charge in [-0.2, -0.15) is 5.26 Å². The fourth-order valence-corrected chi connectivity index (χ4v) is 3.57. The predicted molar refractivity (Wildman–Crippen MR) is 89.9 cm³/mol. The molecule has 4 rings (SSSR count). The first kappa shape index (κ1) is 14.0. The van der Waals surface area contributed by atoms with Crippen LogP contribution in [0.5, 0.6) is 0 Å². The Labute approximate surface area is 134 Å². The molecule has 2 aromatic heterocycles. The number of anilines is 1. The highest BCUT2D eigenvalue weighted by molar-refractivity contribution is 5.86. The Kier molecular flexibility index (Phi) is 3.21. The lowest BCUT2D eigenvalue weighted by Gasteiger charge is -2.21. The van der Waals surface area contributed by atoms with E-state index in [2.05, 4.69) is 21.4 Å². The summed E-state index contributed by atoms with van der Waals surface area (Å²) in [4.78, 5) is 7.06. The molecule has 23 heavy (non-hydrogen) atoms. The van der Waals surface area contributed by atoms with Gasteiger partial charge in [0.05, 0.1) is 23.2 Å². The summed E-state index contributed by atoms with van der Waals surface area (Å²) in [5.74, 6) is 1.17. The maximum atomic E-state index is 9.64. The number of nitriles is 1. The van der Waals surface area contributed by atoms with Gasteiger partial charge in [-0.1, -0.05) is 12.1 Å². The lowest BCUT2D eigenvalue weighted by molar-refractivity contribution is 0.205. The van der Waals surface area contributed by atoms with Crippen LogP contribution in [0.3, 0.4) is 0 Å². The van der Waals surface area contributed by atoms with Gasteiger partial charge in [0.15, 0.2) is 5.65 Å². The number of pyridine rings is 1. The Bertz CT molecular complexity index is 951. The summed E-state index contributed by atoms with van der Waals surface area (Å²) in [5, 5.41) is 9.64. The van der Waals surface area contributed by atoms with Gasteiger partial charge in [-0.3, -0.25) is 4.40 Å². The summed E-state index contributed by atoms with van der Waals surface area (Å²) in [6, 6.07) is 10.4. The molecule has 0 N–H and O–H groups in total. The molecule has 0 unspecified atom stereocenters. The number of benzene rings is 1. The van der Waals surface area contributed by atoms with E-state index >= 15 is 0 Å². The fourth-order valence-electron chi connectivity index (χ4n) is 3.57. The van der Waals surface area contributed by atoms with E-state index in [4.69, 9.17) is 9.72 Å². The van der Waals surface area contributed by atoms with Crippen molar-refractivity contribution >= 4 is 22.5 Å². The van der Waals surface area contributed by atoms with Crippen molar-refractivity contribution in [3.8, 4) is 6.07 Å². The number of fused-ring (bicyclic) bond motifs is 5. The summed E-state index contributed by atoms with van der Waals surface area (Å²) in [5.41, 5.74) is 5.75. The van der Waals surface area contributed by atoms with Gasteiger partial charge in [0.25, 0.3) is 0 Å². The Morgan fingerprint density at radius 3 is 2.96 bits per heavy atom. The fraction of sp³-hybridized carbons (Fsp3) is 0.333. The number of hydrogen-bond donors (Lipinski definition) is 0. The first-order valence-corrected chi connectivity index (χ1v) is 7.83. The van der Waals surface area contributed by atoms with E-state index in [1.54, 1.807) is 7.11 Å². The van der Waals surface area contributed by atoms with E-state index in [-0.39, 0.29) is 0 Å². The van der Waals surface area contributed by atoms with E-state index < -0.39 is 0 Å². The van der Waals surface area contributed by atoms with Gasteiger partial charge in [-0.15, -0.1) is 0 Å². The van der Waals surface area contributed by atoms with Gasteiger partial charge < -0.3 is 9.64 Å². The monoisotopic (exact) mass is 306 g/mol. The Balaban J connectivity index is 2.10. The maximum Gasteiger partial charge on any atom is 0.157 e. The van der Waals surface area contributed by atoms with Gasteiger partial charge in [-0.25, -0.2) is 4.98 Å². The normalized spacial score (nSPS) is 13.7. The highest BCUT2D eigenvalue weighted by Gasteiger charge is 2.28. The van der Waals surface area contributed by atoms with Gasteiger partial charge >= 0.3 is 0 Å². The molecule has 0 fully saturated rings. The molecule has 1 aliphatic heterocycles. The highest BCUT2D eigenvalue weighted by Crippen LogP contribution is 2.36. The zero-order chi connectivity index (χ0) is 16.0. The quantitative estimate of drug-likeness (QED) is 0.746. The van der Waals surface area contributed by atoms with E-state index in [1.807, 2.05) is 25.1 Å². The lowest BCUT2D eigenvalue weighted by Crippen LogP contribution is -2.26. The molecule has 5 heteroatoms. The molecular formula is C18H18N4O. The van der Waals surface area contributed by atoms with Crippen molar-refractivity contribution < 1.29 is 4.74 Å². The van der Waals surface area contributed by atoms with Crippen LogP contribution in [0.2, 0.25) is 0 Å². The number of methoxy groups -OCH3 is 1. The van der Waals surface area contributed by atoms with E-state index in [9.17, 15) is 5.26 Å². The molecule has 0 bridgehead atoms. The maximum absolute atomic E-state index is 9.64. The second kappa shape index (κ2) is 5.25.